The van der Waals surface area contributed by atoms with Crippen LogP contribution in [0.15, 0.2) is 18.2 Å². The second-order valence-corrected chi connectivity index (χ2v) is 6.88. The Labute approximate surface area is 133 Å². The van der Waals surface area contributed by atoms with Crippen LogP contribution in [0.25, 0.3) is 0 Å². The van der Waals surface area contributed by atoms with E-state index in [1.165, 1.54) is 12.1 Å². The molecule has 0 unspecified atom stereocenters. The van der Waals surface area contributed by atoms with Crippen molar-refractivity contribution in [2.45, 2.75) is 43.4 Å². The molecule has 1 aliphatic carbocycles. The third-order valence-electron chi connectivity index (χ3n) is 5.63. The molecule has 3 fully saturated rings. The van der Waals surface area contributed by atoms with Crippen molar-refractivity contribution in [2.24, 2.45) is 5.92 Å². The van der Waals surface area contributed by atoms with Crippen molar-refractivity contribution in [3.05, 3.63) is 35.4 Å². The standard InChI is InChI=1S/C17H19F2NO3/c18-9-1-2-13(16(19)3-9)14-5-10(6-15(14)17(21)22)20-7-12-4-11(20)8-23-12/h1-3,10-12,14-15H,4-8H2,(H,21,22)/t10-,11+,12+,14+,15-/m1/s1. The van der Waals surface area contributed by atoms with Gasteiger partial charge in [0.15, 0.2) is 0 Å². The molecule has 1 N–H and O–H groups in total. The highest BCUT2D eigenvalue weighted by molar-refractivity contribution is 5.72. The molecule has 0 radical (unpaired) electrons. The number of carbonyl (C=O) groups is 1. The zero-order valence-electron chi connectivity index (χ0n) is 12.6. The molecule has 2 aliphatic heterocycles. The predicted octanol–water partition coefficient (Wildman–Crippen LogP) is 2.38. The van der Waals surface area contributed by atoms with Crippen molar-refractivity contribution in [1.82, 2.24) is 4.90 Å². The number of aliphatic carboxylic acids is 1. The van der Waals surface area contributed by atoms with E-state index in [9.17, 15) is 18.7 Å². The number of hydrogen-bond acceptors (Lipinski definition) is 3. The van der Waals surface area contributed by atoms with Gasteiger partial charge in [0.1, 0.15) is 11.6 Å². The van der Waals surface area contributed by atoms with Crippen molar-refractivity contribution in [3.63, 3.8) is 0 Å². The van der Waals surface area contributed by atoms with Crippen molar-refractivity contribution in [2.75, 3.05) is 13.2 Å². The third kappa shape index (κ3) is 2.54. The lowest BCUT2D eigenvalue weighted by Crippen LogP contribution is -2.43. The van der Waals surface area contributed by atoms with Crippen molar-refractivity contribution in [1.29, 1.82) is 0 Å². The number of likely N-dealkylation sites (tertiary alicyclic amines) is 1. The summed E-state index contributed by atoms with van der Waals surface area (Å²) in [6.45, 7) is 1.54. The number of hydrogen-bond donors (Lipinski definition) is 1. The molecule has 0 aromatic heterocycles. The van der Waals surface area contributed by atoms with E-state index in [1.807, 2.05) is 0 Å². The Morgan fingerprint density at radius 1 is 1.22 bits per heavy atom. The maximum Gasteiger partial charge on any atom is 0.307 e. The van der Waals surface area contributed by atoms with Gasteiger partial charge in [-0.05, 0) is 30.9 Å². The minimum atomic E-state index is -0.901. The Morgan fingerprint density at radius 3 is 2.65 bits per heavy atom. The highest BCUT2D eigenvalue weighted by atomic mass is 19.1. The molecule has 2 bridgehead atoms. The van der Waals surface area contributed by atoms with Crippen molar-refractivity contribution < 1.29 is 23.4 Å². The number of morpholine rings is 1. The smallest absolute Gasteiger partial charge is 0.307 e. The SMILES string of the molecule is O=C(O)[C@@H]1C[C@H](N2C[C@@H]3C[C@H]2CO3)C[C@H]1c1ccc(F)cc1F. The summed E-state index contributed by atoms with van der Waals surface area (Å²) in [5.41, 5.74) is 0.321. The van der Waals surface area contributed by atoms with Gasteiger partial charge >= 0.3 is 5.97 Å². The van der Waals surface area contributed by atoms with Gasteiger partial charge in [0.2, 0.25) is 0 Å². The second-order valence-electron chi connectivity index (χ2n) is 6.88. The summed E-state index contributed by atoms with van der Waals surface area (Å²) in [6, 6.07) is 3.93. The van der Waals surface area contributed by atoms with E-state index in [1.54, 1.807) is 0 Å². The van der Waals surface area contributed by atoms with Crippen LogP contribution in [0, 0.1) is 17.6 Å². The quantitative estimate of drug-likeness (QED) is 0.928. The number of nitrogens with zero attached hydrogens (tertiary/aromatic N) is 1. The van der Waals surface area contributed by atoms with E-state index < -0.39 is 29.4 Å². The summed E-state index contributed by atoms with van der Waals surface area (Å²) in [4.78, 5) is 14.0. The Kier molecular flexibility index (Phi) is 3.61. The highest BCUT2D eigenvalue weighted by Crippen LogP contribution is 2.45. The zero-order chi connectivity index (χ0) is 16.1. The van der Waals surface area contributed by atoms with Crippen LogP contribution in [0.3, 0.4) is 0 Å². The number of benzene rings is 1. The molecule has 124 valence electrons. The molecule has 4 rings (SSSR count). The molecule has 1 aromatic rings. The van der Waals surface area contributed by atoms with E-state index >= 15 is 0 Å². The van der Waals surface area contributed by atoms with Crippen molar-refractivity contribution >= 4 is 5.97 Å². The first-order chi connectivity index (χ1) is 11.0. The predicted molar refractivity (Wildman–Crippen MR) is 78.1 cm³/mol. The summed E-state index contributed by atoms with van der Waals surface area (Å²) in [7, 11) is 0. The fourth-order valence-electron chi connectivity index (χ4n) is 4.58. The van der Waals surface area contributed by atoms with Crippen LogP contribution in [-0.2, 0) is 9.53 Å². The van der Waals surface area contributed by atoms with E-state index in [-0.39, 0.29) is 12.1 Å². The molecular weight excluding hydrogens is 304 g/mol. The van der Waals surface area contributed by atoms with Gasteiger partial charge in [0, 0.05) is 30.6 Å². The van der Waals surface area contributed by atoms with Gasteiger partial charge in [-0.3, -0.25) is 9.69 Å². The lowest BCUT2D eigenvalue weighted by Gasteiger charge is -2.32. The number of rotatable bonds is 3. The van der Waals surface area contributed by atoms with Gasteiger partial charge in [0.05, 0.1) is 18.6 Å². The second kappa shape index (κ2) is 5.53. The van der Waals surface area contributed by atoms with E-state index in [2.05, 4.69) is 4.90 Å². The number of fused-ring (bicyclic) bond motifs is 2. The Bertz CT molecular complexity index is 638. The van der Waals surface area contributed by atoms with Crippen LogP contribution in [0.4, 0.5) is 8.78 Å². The minimum absolute atomic E-state index is 0.129. The summed E-state index contributed by atoms with van der Waals surface area (Å²) in [5, 5.41) is 9.54. The maximum atomic E-state index is 14.1. The summed E-state index contributed by atoms with van der Waals surface area (Å²) < 4.78 is 32.9. The number of carboxylic acids is 1. The van der Waals surface area contributed by atoms with Gasteiger partial charge in [-0.25, -0.2) is 8.78 Å². The Morgan fingerprint density at radius 2 is 2.04 bits per heavy atom. The molecule has 6 heteroatoms. The van der Waals surface area contributed by atoms with E-state index in [0.717, 1.165) is 19.0 Å². The molecule has 4 nitrogen and oxygen atoms in total. The van der Waals surface area contributed by atoms with Crippen LogP contribution in [0.2, 0.25) is 0 Å². The Balaban J connectivity index is 1.59. The van der Waals surface area contributed by atoms with Crippen LogP contribution >= 0.6 is 0 Å². The van der Waals surface area contributed by atoms with Gasteiger partial charge in [-0.15, -0.1) is 0 Å². The van der Waals surface area contributed by atoms with Crippen LogP contribution in [0.1, 0.15) is 30.7 Å². The fraction of sp³-hybridized carbons (Fsp3) is 0.588. The van der Waals surface area contributed by atoms with Gasteiger partial charge in [-0.2, -0.15) is 0 Å². The highest BCUT2D eigenvalue weighted by Gasteiger charge is 2.48. The minimum Gasteiger partial charge on any atom is -0.481 e. The number of halogens is 2. The summed E-state index contributed by atoms with van der Waals surface area (Å²) in [5.74, 6) is -3.21. The zero-order valence-corrected chi connectivity index (χ0v) is 12.6. The number of ether oxygens (including phenoxy) is 1. The third-order valence-corrected chi connectivity index (χ3v) is 5.63. The molecular formula is C17H19F2NO3. The van der Waals surface area contributed by atoms with Gasteiger partial charge < -0.3 is 9.84 Å². The monoisotopic (exact) mass is 323 g/mol. The molecule has 23 heavy (non-hydrogen) atoms. The molecule has 0 spiro atoms. The molecule has 1 aromatic carbocycles. The maximum absolute atomic E-state index is 14.1. The summed E-state index contributed by atoms with van der Waals surface area (Å²) in [6.07, 6.45) is 2.37. The molecule has 2 saturated heterocycles. The van der Waals surface area contributed by atoms with Gasteiger partial charge in [0.25, 0.3) is 0 Å². The van der Waals surface area contributed by atoms with Crippen LogP contribution in [-0.4, -0.2) is 47.3 Å². The van der Waals surface area contributed by atoms with Crippen molar-refractivity contribution in [3.8, 4) is 0 Å². The average Bonchev–Trinajstić information content (AvgIpc) is 3.21. The number of carboxylic acid groups (broad SMARTS) is 1. The van der Waals surface area contributed by atoms with Gasteiger partial charge in [-0.1, -0.05) is 6.07 Å². The largest absolute Gasteiger partial charge is 0.481 e. The Hall–Kier alpha value is -1.53. The van der Waals surface area contributed by atoms with Crippen LogP contribution in [0.5, 0.6) is 0 Å². The first-order valence-corrected chi connectivity index (χ1v) is 8.08. The van der Waals surface area contributed by atoms with Crippen LogP contribution < -0.4 is 0 Å². The molecule has 2 heterocycles. The van der Waals surface area contributed by atoms with E-state index in [0.29, 0.717) is 31.1 Å². The topological polar surface area (TPSA) is 49.8 Å². The molecule has 5 atom stereocenters. The fourth-order valence-corrected chi connectivity index (χ4v) is 4.58. The molecule has 0 amide bonds. The lowest BCUT2D eigenvalue weighted by molar-refractivity contribution is -0.142. The van der Waals surface area contributed by atoms with E-state index in [4.69, 9.17) is 4.74 Å². The first kappa shape index (κ1) is 15.0. The lowest BCUT2D eigenvalue weighted by atomic mass is 9.88. The normalized spacial score (nSPS) is 36.7. The molecule has 3 aliphatic rings. The summed E-state index contributed by atoms with van der Waals surface area (Å²) >= 11 is 0. The molecule has 1 saturated carbocycles. The average molecular weight is 323 g/mol. The first-order valence-electron chi connectivity index (χ1n) is 8.08.